The van der Waals surface area contributed by atoms with Gasteiger partial charge >= 0.3 is 0 Å². The van der Waals surface area contributed by atoms with Crippen molar-refractivity contribution in [1.29, 1.82) is 0 Å². The first-order valence-corrected chi connectivity index (χ1v) is 7.56. The molecule has 0 amide bonds. The van der Waals surface area contributed by atoms with Gasteiger partial charge in [-0.25, -0.2) is 4.98 Å². The zero-order valence-electron chi connectivity index (χ0n) is 10.9. The minimum Gasteiger partial charge on any atom is -0.312 e. The lowest BCUT2D eigenvalue weighted by Crippen LogP contribution is -2.41. The van der Waals surface area contributed by atoms with Gasteiger partial charge in [-0.3, -0.25) is 4.90 Å². The van der Waals surface area contributed by atoms with Crippen LogP contribution in [0.25, 0.3) is 0 Å². The summed E-state index contributed by atoms with van der Waals surface area (Å²) >= 11 is 1.69. The molecule has 1 aliphatic heterocycles. The summed E-state index contributed by atoms with van der Waals surface area (Å²) in [6.07, 6.45) is 2.50. The Bertz CT molecular complexity index is 312. The number of nitrogens with one attached hydrogen (secondary N) is 1. The van der Waals surface area contributed by atoms with E-state index in [1.165, 1.54) is 25.1 Å². The molecule has 2 heterocycles. The summed E-state index contributed by atoms with van der Waals surface area (Å²) < 4.78 is 0. The van der Waals surface area contributed by atoms with Gasteiger partial charge in [0.25, 0.3) is 0 Å². The topological polar surface area (TPSA) is 28.2 Å². The highest BCUT2D eigenvalue weighted by atomic mass is 32.1. The maximum absolute atomic E-state index is 4.39. The highest BCUT2D eigenvalue weighted by Gasteiger charge is 2.21. The molecule has 0 saturated carbocycles. The Kier molecular flexibility index (Phi) is 4.95. The smallest absolute Gasteiger partial charge is 0.0795 e. The Morgan fingerprint density at radius 1 is 1.65 bits per heavy atom. The van der Waals surface area contributed by atoms with Crippen LogP contribution in [0.1, 0.15) is 32.4 Å². The molecular formula is C13H23N3S. The van der Waals surface area contributed by atoms with Gasteiger partial charge in [0.2, 0.25) is 0 Å². The van der Waals surface area contributed by atoms with Crippen molar-refractivity contribution >= 4 is 11.3 Å². The summed E-state index contributed by atoms with van der Waals surface area (Å²) in [5.74, 6) is 0.756. The molecule has 3 nitrogen and oxygen atoms in total. The highest BCUT2D eigenvalue weighted by molar-refractivity contribution is 7.07. The highest BCUT2D eigenvalue weighted by Crippen LogP contribution is 2.14. The molecule has 1 saturated heterocycles. The molecule has 1 fully saturated rings. The molecule has 0 radical (unpaired) electrons. The second-order valence-corrected chi connectivity index (χ2v) is 5.73. The van der Waals surface area contributed by atoms with E-state index in [0.717, 1.165) is 25.6 Å². The molecule has 96 valence electrons. The van der Waals surface area contributed by atoms with Gasteiger partial charge in [-0.1, -0.05) is 20.3 Å². The molecular weight excluding hydrogens is 230 g/mol. The van der Waals surface area contributed by atoms with Gasteiger partial charge in [-0.15, -0.1) is 11.3 Å². The van der Waals surface area contributed by atoms with Crippen molar-refractivity contribution in [1.82, 2.24) is 15.2 Å². The summed E-state index contributed by atoms with van der Waals surface area (Å²) in [6, 6.07) is 0.640. The summed E-state index contributed by atoms with van der Waals surface area (Å²) in [4.78, 5) is 6.93. The fourth-order valence-corrected chi connectivity index (χ4v) is 2.93. The Hall–Kier alpha value is -0.450. The Morgan fingerprint density at radius 3 is 3.24 bits per heavy atom. The molecule has 0 aliphatic carbocycles. The van der Waals surface area contributed by atoms with Crippen LogP contribution >= 0.6 is 11.3 Å². The molecule has 17 heavy (non-hydrogen) atoms. The molecule has 1 aromatic heterocycles. The molecule has 1 aliphatic rings. The van der Waals surface area contributed by atoms with Crippen molar-refractivity contribution in [2.45, 2.75) is 39.3 Å². The minimum absolute atomic E-state index is 0.640. The molecule has 2 unspecified atom stereocenters. The van der Waals surface area contributed by atoms with Crippen LogP contribution in [0.3, 0.4) is 0 Å². The predicted octanol–water partition coefficient (Wildman–Crippen LogP) is 2.35. The number of hydrogen-bond donors (Lipinski definition) is 1. The maximum Gasteiger partial charge on any atom is 0.0795 e. The van der Waals surface area contributed by atoms with Crippen LogP contribution in [0.5, 0.6) is 0 Å². The zero-order chi connectivity index (χ0) is 12.1. The third-order valence-electron chi connectivity index (χ3n) is 3.71. The summed E-state index contributed by atoms with van der Waals surface area (Å²) in [5, 5.41) is 5.85. The van der Waals surface area contributed by atoms with Crippen molar-refractivity contribution in [3.8, 4) is 0 Å². The van der Waals surface area contributed by atoms with Crippen LogP contribution in [0, 0.1) is 5.92 Å². The van der Waals surface area contributed by atoms with E-state index < -0.39 is 0 Å². The van der Waals surface area contributed by atoms with Gasteiger partial charge in [0, 0.05) is 24.5 Å². The van der Waals surface area contributed by atoms with E-state index in [9.17, 15) is 0 Å². The number of aromatic nitrogens is 1. The van der Waals surface area contributed by atoms with Crippen LogP contribution < -0.4 is 5.32 Å². The fourth-order valence-electron chi connectivity index (χ4n) is 2.38. The van der Waals surface area contributed by atoms with Crippen LogP contribution in [0.4, 0.5) is 0 Å². The van der Waals surface area contributed by atoms with Gasteiger partial charge in [-0.05, 0) is 25.4 Å². The lowest BCUT2D eigenvalue weighted by atomic mass is 9.99. The van der Waals surface area contributed by atoms with E-state index in [0.29, 0.717) is 6.04 Å². The van der Waals surface area contributed by atoms with Crippen LogP contribution in [-0.2, 0) is 6.54 Å². The van der Waals surface area contributed by atoms with E-state index in [4.69, 9.17) is 0 Å². The Balaban J connectivity index is 1.92. The summed E-state index contributed by atoms with van der Waals surface area (Å²) in [5.41, 5.74) is 3.15. The Labute approximate surface area is 108 Å². The van der Waals surface area contributed by atoms with Gasteiger partial charge in [-0.2, -0.15) is 0 Å². The lowest BCUT2D eigenvalue weighted by Gasteiger charge is -2.27. The molecule has 1 N–H and O–H groups in total. The molecule has 1 aromatic rings. The van der Waals surface area contributed by atoms with Crippen LogP contribution in [0.2, 0.25) is 0 Å². The van der Waals surface area contributed by atoms with Crippen molar-refractivity contribution < 1.29 is 0 Å². The zero-order valence-corrected chi connectivity index (χ0v) is 11.7. The summed E-state index contributed by atoms with van der Waals surface area (Å²) in [6.45, 7) is 9.15. The number of hydrogen-bond acceptors (Lipinski definition) is 4. The quantitative estimate of drug-likeness (QED) is 0.893. The minimum atomic E-state index is 0.640. The average Bonchev–Trinajstić information content (AvgIpc) is 2.73. The second kappa shape index (κ2) is 6.47. The molecule has 2 atom stereocenters. The van der Waals surface area contributed by atoms with Crippen LogP contribution in [-0.4, -0.2) is 35.6 Å². The number of thiazole rings is 1. The average molecular weight is 253 g/mol. The van der Waals surface area contributed by atoms with Crippen molar-refractivity contribution in [3.05, 3.63) is 16.6 Å². The largest absolute Gasteiger partial charge is 0.312 e. The van der Waals surface area contributed by atoms with E-state index in [1.54, 1.807) is 11.3 Å². The van der Waals surface area contributed by atoms with Gasteiger partial charge < -0.3 is 5.32 Å². The lowest BCUT2D eigenvalue weighted by molar-refractivity contribution is 0.229. The van der Waals surface area contributed by atoms with E-state index in [1.807, 2.05) is 5.51 Å². The molecule has 0 aromatic carbocycles. The standard InChI is InChI=1S/C13H23N3S/c1-3-11(2)13-8-16(6-4-5-14-13)7-12-9-17-10-15-12/h9-11,13-14H,3-8H2,1-2H3. The molecule has 0 bridgehead atoms. The van der Waals surface area contributed by atoms with E-state index >= 15 is 0 Å². The van der Waals surface area contributed by atoms with Crippen molar-refractivity contribution in [3.63, 3.8) is 0 Å². The van der Waals surface area contributed by atoms with Gasteiger partial charge in [0.1, 0.15) is 0 Å². The summed E-state index contributed by atoms with van der Waals surface area (Å²) in [7, 11) is 0. The molecule has 4 heteroatoms. The van der Waals surface area contributed by atoms with Gasteiger partial charge in [0.15, 0.2) is 0 Å². The first kappa shape index (κ1) is 13.0. The Morgan fingerprint density at radius 2 is 2.53 bits per heavy atom. The van der Waals surface area contributed by atoms with Crippen LogP contribution in [0.15, 0.2) is 10.9 Å². The molecule has 0 spiro atoms. The molecule has 2 rings (SSSR count). The third kappa shape index (κ3) is 3.76. The second-order valence-electron chi connectivity index (χ2n) is 5.01. The van der Waals surface area contributed by atoms with Crippen molar-refractivity contribution in [2.75, 3.05) is 19.6 Å². The van der Waals surface area contributed by atoms with E-state index in [-0.39, 0.29) is 0 Å². The van der Waals surface area contributed by atoms with Crippen molar-refractivity contribution in [2.24, 2.45) is 5.92 Å². The van der Waals surface area contributed by atoms with E-state index in [2.05, 4.69) is 34.4 Å². The monoisotopic (exact) mass is 253 g/mol. The first-order chi connectivity index (χ1) is 8.29. The fraction of sp³-hybridized carbons (Fsp3) is 0.769. The normalized spacial score (nSPS) is 24.5. The maximum atomic E-state index is 4.39. The SMILES string of the molecule is CCC(C)C1CN(Cc2cscn2)CCCN1. The van der Waals surface area contributed by atoms with Gasteiger partial charge in [0.05, 0.1) is 11.2 Å². The first-order valence-electron chi connectivity index (χ1n) is 6.62. The third-order valence-corrected chi connectivity index (χ3v) is 4.35. The number of nitrogens with zero attached hydrogens (tertiary/aromatic N) is 2. The predicted molar refractivity (Wildman–Crippen MR) is 73.3 cm³/mol. The number of rotatable bonds is 4.